The van der Waals surface area contributed by atoms with Crippen LogP contribution in [-0.4, -0.2) is 73.1 Å². The van der Waals surface area contributed by atoms with Crippen molar-refractivity contribution in [2.24, 2.45) is 0 Å². The Morgan fingerprint density at radius 3 is 1.00 bits per heavy atom. The van der Waals surface area contributed by atoms with Crippen molar-refractivity contribution in [2.75, 3.05) is 42.7 Å². The minimum Gasteiger partial charge on any atom is -0.403 e. The summed E-state index contributed by atoms with van der Waals surface area (Å²) in [6, 6.07) is 0. The topological polar surface area (TPSA) is 94.1 Å². The van der Waals surface area contributed by atoms with Crippen LogP contribution in [0.25, 0.3) is 0 Å². The van der Waals surface area contributed by atoms with Crippen LogP contribution in [0.2, 0.25) is 0 Å². The molecule has 0 heterocycles. The molecule has 0 saturated heterocycles. The minimum absolute atomic E-state index is 1.32. The highest BCUT2D eigenvalue weighted by atomic mass is 28.4. The molecule has 1 N–H and O–H groups in total. The van der Waals surface area contributed by atoms with E-state index >= 15 is 0 Å². The Morgan fingerprint density at radius 1 is 0.611 bits per heavy atom. The Balaban J connectivity index is 4.61. The first-order valence-corrected chi connectivity index (χ1v) is 8.08. The normalized spacial score (nSPS) is 12.8. The maximum Gasteiger partial charge on any atom is 0.667 e. The highest BCUT2D eigenvalue weighted by Crippen LogP contribution is 2.14. The van der Waals surface area contributed by atoms with Crippen LogP contribution in [0.3, 0.4) is 0 Å². The second kappa shape index (κ2) is 8.34. The first-order chi connectivity index (χ1) is 8.46. The molecule has 0 aliphatic carbocycles. The van der Waals surface area contributed by atoms with Gasteiger partial charge < -0.3 is 40.3 Å². The predicted molar refractivity (Wildman–Crippen MR) is 63.7 cm³/mol. The van der Waals surface area contributed by atoms with E-state index in [4.69, 9.17) is 35.2 Å². The molecule has 0 aromatic rings. The molecule has 0 rings (SSSR count). The van der Waals surface area contributed by atoms with Crippen molar-refractivity contribution < 1.29 is 40.3 Å². The second-order valence-corrected chi connectivity index (χ2v) is 7.69. The Kier molecular flexibility index (Phi) is 8.40. The van der Waals surface area contributed by atoms with Gasteiger partial charge in [-0.05, 0) is 0 Å². The molecular formula is C6H19BO9Si2. The summed E-state index contributed by atoms with van der Waals surface area (Å²) >= 11 is 0. The van der Waals surface area contributed by atoms with Crippen LogP contribution in [0.5, 0.6) is 0 Å². The summed E-state index contributed by atoms with van der Waals surface area (Å²) in [6.07, 6.45) is 0. The molecule has 0 aromatic carbocycles. The third-order valence-electron chi connectivity index (χ3n) is 1.99. The molecule has 18 heavy (non-hydrogen) atoms. The van der Waals surface area contributed by atoms with Crippen LogP contribution in [0.4, 0.5) is 0 Å². The van der Waals surface area contributed by atoms with Gasteiger partial charge in [0.2, 0.25) is 0 Å². The average molecular weight is 302 g/mol. The third-order valence-corrected chi connectivity index (χ3v) is 5.97. The molecule has 0 unspecified atom stereocenters. The van der Waals surface area contributed by atoms with E-state index in [1.807, 2.05) is 0 Å². The zero-order valence-corrected chi connectivity index (χ0v) is 13.3. The van der Waals surface area contributed by atoms with Crippen LogP contribution in [0, 0.1) is 0 Å². The van der Waals surface area contributed by atoms with Gasteiger partial charge in [-0.1, -0.05) is 0 Å². The summed E-state index contributed by atoms with van der Waals surface area (Å²) < 4.78 is 39.8. The molecule has 0 atom stereocenters. The fraction of sp³-hybridized carbons (Fsp3) is 1.00. The predicted octanol–water partition coefficient (Wildman–Crippen LogP) is -1.25. The molecular weight excluding hydrogens is 283 g/mol. The SMILES string of the molecule is CO[Si](OC)(OC)OB(O)O[Si](OC)(OC)OC. The third kappa shape index (κ3) is 4.67. The van der Waals surface area contributed by atoms with Crippen molar-refractivity contribution in [2.45, 2.75) is 0 Å². The van der Waals surface area contributed by atoms with Crippen molar-refractivity contribution in [3.8, 4) is 0 Å². The van der Waals surface area contributed by atoms with Crippen LogP contribution in [0.1, 0.15) is 0 Å². The average Bonchev–Trinajstić information content (AvgIpc) is 2.42. The van der Waals surface area contributed by atoms with Crippen molar-refractivity contribution in [3.63, 3.8) is 0 Å². The van der Waals surface area contributed by atoms with E-state index in [1.165, 1.54) is 42.7 Å². The second-order valence-electron chi connectivity index (χ2n) is 2.77. The quantitative estimate of drug-likeness (QED) is 0.496. The van der Waals surface area contributed by atoms with Gasteiger partial charge in [0.15, 0.2) is 0 Å². The molecule has 0 amide bonds. The van der Waals surface area contributed by atoms with Gasteiger partial charge in [0.25, 0.3) is 0 Å². The lowest BCUT2D eigenvalue weighted by molar-refractivity contribution is 0.00711. The fourth-order valence-corrected chi connectivity index (χ4v) is 3.32. The van der Waals surface area contributed by atoms with Gasteiger partial charge in [-0.2, -0.15) is 0 Å². The Bertz CT molecular complexity index is 187. The zero-order chi connectivity index (χ0) is 14.2. The monoisotopic (exact) mass is 302 g/mol. The van der Waals surface area contributed by atoms with Gasteiger partial charge in [0.05, 0.1) is 0 Å². The molecule has 0 radical (unpaired) electrons. The molecule has 0 bridgehead atoms. The summed E-state index contributed by atoms with van der Waals surface area (Å²) in [7, 11) is -0.709. The summed E-state index contributed by atoms with van der Waals surface area (Å²) in [5, 5.41) is 9.65. The maximum atomic E-state index is 9.65. The van der Waals surface area contributed by atoms with Crippen molar-refractivity contribution in [3.05, 3.63) is 0 Å². The first kappa shape index (κ1) is 18.1. The molecule has 9 nitrogen and oxygen atoms in total. The molecule has 108 valence electrons. The van der Waals surface area contributed by atoms with Gasteiger partial charge in [0, 0.05) is 42.7 Å². The van der Waals surface area contributed by atoms with E-state index in [1.54, 1.807) is 0 Å². The smallest absolute Gasteiger partial charge is 0.403 e. The van der Waals surface area contributed by atoms with E-state index < -0.39 is 25.4 Å². The summed E-state index contributed by atoms with van der Waals surface area (Å²) in [5.41, 5.74) is 0. The van der Waals surface area contributed by atoms with Crippen LogP contribution in [-0.2, 0) is 35.2 Å². The van der Waals surface area contributed by atoms with Crippen molar-refractivity contribution >= 4 is 25.4 Å². The standard InChI is InChI=1S/C6H19BO9Si2/c1-9-17(10-2,11-3)15-7(8)16-18(12-4,13-5)14-6/h8H,1-6H3. The maximum absolute atomic E-state index is 9.65. The zero-order valence-electron chi connectivity index (χ0n) is 11.3. The molecule has 0 aliphatic heterocycles. The van der Waals surface area contributed by atoms with E-state index in [2.05, 4.69) is 0 Å². The van der Waals surface area contributed by atoms with Crippen LogP contribution in [0.15, 0.2) is 0 Å². The van der Waals surface area contributed by atoms with Crippen molar-refractivity contribution in [1.82, 2.24) is 0 Å². The van der Waals surface area contributed by atoms with Gasteiger partial charge in [-0.3, -0.25) is 0 Å². The van der Waals surface area contributed by atoms with Gasteiger partial charge >= 0.3 is 25.4 Å². The molecule has 0 saturated carbocycles. The molecule has 0 fully saturated rings. The fourth-order valence-electron chi connectivity index (χ4n) is 1.06. The highest BCUT2D eigenvalue weighted by molar-refractivity contribution is 6.67. The number of hydrogen-bond donors (Lipinski definition) is 1. The Morgan fingerprint density at radius 2 is 0.833 bits per heavy atom. The van der Waals surface area contributed by atoms with E-state index in [9.17, 15) is 5.02 Å². The number of rotatable bonds is 10. The van der Waals surface area contributed by atoms with Gasteiger partial charge in [-0.15, -0.1) is 0 Å². The largest absolute Gasteiger partial charge is 0.667 e. The molecule has 0 aromatic heterocycles. The molecule has 12 heteroatoms. The van der Waals surface area contributed by atoms with Crippen LogP contribution < -0.4 is 0 Å². The molecule has 0 aliphatic rings. The minimum atomic E-state index is -3.44. The Hall–Kier alpha value is 0.139. The first-order valence-electron chi connectivity index (χ1n) is 4.81. The lowest BCUT2D eigenvalue weighted by atomic mass is 10.3. The van der Waals surface area contributed by atoms with Crippen molar-refractivity contribution in [1.29, 1.82) is 0 Å². The highest BCUT2D eigenvalue weighted by Gasteiger charge is 2.52. The lowest BCUT2D eigenvalue weighted by Gasteiger charge is -2.28. The van der Waals surface area contributed by atoms with E-state index in [-0.39, 0.29) is 0 Å². The summed E-state index contributed by atoms with van der Waals surface area (Å²) in [5.74, 6) is 0. The van der Waals surface area contributed by atoms with Crippen LogP contribution >= 0.6 is 0 Å². The Labute approximate surface area is 109 Å². The van der Waals surface area contributed by atoms with Gasteiger partial charge in [-0.25, -0.2) is 0 Å². The van der Waals surface area contributed by atoms with E-state index in [0.717, 1.165) is 0 Å². The molecule has 0 spiro atoms. The summed E-state index contributed by atoms with van der Waals surface area (Å²) in [6.45, 7) is 0. The van der Waals surface area contributed by atoms with E-state index in [0.29, 0.717) is 0 Å². The van der Waals surface area contributed by atoms with Gasteiger partial charge in [0.1, 0.15) is 0 Å². The number of hydrogen-bond acceptors (Lipinski definition) is 9. The summed E-state index contributed by atoms with van der Waals surface area (Å²) in [4.78, 5) is 0. The lowest BCUT2D eigenvalue weighted by Crippen LogP contribution is -2.56.